The zero-order chi connectivity index (χ0) is 21.0. The summed E-state index contributed by atoms with van der Waals surface area (Å²) in [6, 6.07) is 23.6. The number of nitrogens with zero attached hydrogens (tertiary/aromatic N) is 4. The molecule has 1 unspecified atom stereocenters. The van der Waals surface area contributed by atoms with Crippen molar-refractivity contribution in [2.75, 3.05) is 19.7 Å². The van der Waals surface area contributed by atoms with Gasteiger partial charge in [-0.2, -0.15) is 5.10 Å². The maximum atomic E-state index is 13.6. The van der Waals surface area contributed by atoms with Gasteiger partial charge in [-0.3, -0.25) is 9.78 Å². The zero-order valence-electron chi connectivity index (χ0n) is 17.0. The minimum atomic E-state index is -0.134. The molecular formula is C25H22N4O2. The van der Waals surface area contributed by atoms with E-state index in [9.17, 15) is 4.79 Å². The van der Waals surface area contributed by atoms with Crippen LogP contribution in [0, 0.1) is 0 Å². The Labute approximate surface area is 180 Å². The highest BCUT2D eigenvalue weighted by molar-refractivity contribution is 6.00. The van der Waals surface area contributed by atoms with Gasteiger partial charge in [-0.15, -0.1) is 0 Å². The SMILES string of the molecule is O=C(c1cn(-c2ccccc2)nc1-c1cccnc1)N1CCOC(c2ccccc2)C1. The Hall–Kier alpha value is -3.77. The summed E-state index contributed by atoms with van der Waals surface area (Å²) < 4.78 is 7.70. The molecule has 6 nitrogen and oxygen atoms in total. The van der Waals surface area contributed by atoms with Crippen molar-refractivity contribution >= 4 is 5.91 Å². The van der Waals surface area contributed by atoms with E-state index in [0.717, 1.165) is 16.8 Å². The number of amides is 1. The first-order valence-electron chi connectivity index (χ1n) is 10.3. The molecule has 1 aliphatic rings. The summed E-state index contributed by atoms with van der Waals surface area (Å²) in [6.07, 6.45) is 5.13. The van der Waals surface area contributed by atoms with Crippen LogP contribution in [0.15, 0.2) is 91.4 Å². The van der Waals surface area contributed by atoms with Crippen LogP contribution in [-0.4, -0.2) is 45.3 Å². The topological polar surface area (TPSA) is 60.2 Å². The van der Waals surface area contributed by atoms with Gasteiger partial charge in [-0.1, -0.05) is 48.5 Å². The van der Waals surface area contributed by atoms with Crippen molar-refractivity contribution in [1.82, 2.24) is 19.7 Å². The van der Waals surface area contributed by atoms with Gasteiger partial charge in [0.15, 0.2) is 0 Å². The number of hydrogen-bond acceptors (Lipinski definition) is 4. The molecule has 2 aromatic heterocycles. The van der Waals surface area contributed by atoms with Gasteiger partial charge in [0, 0.05) is 30.7 Å². The van der Waals surface area contributed by atoms with Gasteiger partial charge >= 0.3 is 0 Å². The number of benzene rings is 2. The van der Waals surface area contributed by atoms with E-state index >= 15 is 0 Å². The Bertz CT molecular complexity index is 1160. The van der Waals surface area contributed by atoms with E-state index in [1.165, 1.54) is 0 Å². The fraction of sp³-hybridized carbons (Fsp3) is 0.160. The summed E-state index contributed by atoms with van der Waals surface area (Å²) in [6.45, 7) is 1.55. The zero-order valence-corrected chi connectivity index (χ0v) is 17.0. The van der Waals surface area contributed by atoms with Crippen molar-refractivity contribution < 1.29 is 9.53 Å². The van der Waals surface area contributed by atoms with Crippen LogP contribution >= 0.6 is 0 Å². The molecule has 6 heteroatoms. The number of rotatable bonds is 4. The lowest BCUT2D eigenvalue weighted by atomic mass is 10.1. The molecule has 1 aliphatic heterocycles. The number of carbonyl (C=O) groups excluding carboxylic acids is 1. The van der Waals surface area contributed by atoms with Gasteiger partial charge < -0.3 is 9.64 Å². The molecule has 0 radical (unpaired) electrons. The second-order valence-corrected chi connectivity index (χ2v) is 7.43. The third-order valence-corrected chi connectivity index (χ3v) is 5.43. The van der Waals surface area contributed by atoms with Crippen LogP contribution in [0.5, 0.6) is 0 Å². The molecule has 1 saturated heterocycles. The van der Waals surface area contributed by atoms with Crippen LogP contribution in [-0.2, 0) is 4.74 Å². The molecule has 154 valence electrons. The predicted molar refractivity (Wildman–Crippen MR) is 118 cm³/mol. The molecule has 0 spiro atoms. The molecule has 0 aliphatic carbocycles. The normalized spacial score (nSPS) is 16.3. The lowest BCUT2D eigenvalue weighted by molar-refractivity contribution is -0.0228. The minimum Gasteiger partial charge on any atom is -0.370 e. The molecule has 2 aromatic carbocycles. The molecule has 0 bridgehead atoms. The van der Waals surface area contributed by atoms with Crippen molar-refractivity contribution in [1.29, 1.82) is 0 Å². The Morgan fingerprint density at radius 3 is 2.48 bits per heavy atom. The quantitative estimate of drug-likeness (QED) is 0.507. The number of ether oxygens (including phenoxy) is 1. The molecule has 1 amide bonds. The number of aromatic nitrogens is 3. The standard InChI is InChI=1S/C25H22N4O2/c30-25(28-14-15-31-23(18-28)19-8-3-1-4-9-19)22-17-29(21-11-5-2-6-12-21)27-24(22)20-10-7-13-26-16-20/h1-13,16-17,23H,14-15,18H2. The lowest BCUT2D eigenvalue weighted by Crippen LogP contribution is -2.42. The van der Waals surface area contributed by atoms with Crippen molar-refractivity contribution in [2.45, 2.75) is 6.10 Å². The van der Waals surface area contributed by atoms with Gasteiger partial charge in [0.05, 0.1) is 24.4 Å². The molecule has 3 heterocycles. The summed E-state index contributed by atoms with van der Waals surface area (Å²) in [5.74, 6) is -0.0507. The first kappa shape index (κ1) is 19.2. The van der Waals surface area contributed by atoms with Crippen molar-refractivity contribution in [3.8, 4) is 16.9 Å². The average Bonchev–Trinajstić information content (AvgIpc) is 3.31. The summed E-state index contributed by atoms with van der Waals surface area (Å²) in [5.41, 5.74) is 3.98. The fourth-order valence-corrected chi connectivity index (χ4v) is 3.83. The van der Waals surface area contributed by atoms with Gasteiger partial charge in [-0.25, -0.2) is 4.68 Å². The second-order valence-electron chi connectivity index (χ2n) is 7.43. The predicted octanol–water partition coefficient (Wildman–Crippen LogP) is 4.15. The van der Waals surface area contributed by atoms with Gasteiger partial charge in [0.25, 0.3) is 5.91 Å². The van der Waals surface area contributed by atoms with Gasteiger partial charge in [0.2, 0.25) is 0 Å². The number of para-hydroxylation sites is 1. The van der Waals surface area contributed by atoms with Crippen molar-refractivity contribution in [2.24, 2.45) is 0 Å². The number of pyridine rings is 1. The maximum Gasteiger partial charge on any atom is 0.257 e. The molecule has 0 N–H and O–H groups in total. The van der Waals surface area contributed by atoms with E-state index in [1.54, 1.807) is 17.1 Å². The smallest absolute Gasteiger partial charge is 0.257 e. The van der Waals surface area contributed by atoms with Crippen LogP contribution in [0.25, 0.3) is 16.9 Å². The fourth-order valence-electron chi connectivity index (χ4n) is 3.83. The maximum absolute atomic E-state index is 13.6. The van der Waals surface area contributed by atoms with Crippen LogP contribution in [0.2, 0.25) is 0 Å². The van der Waals surface area contributed by atoms with Gasteiger partial charge in [-0.05, 0) is 29.8 Å². The first-order valence-corrected chi connectivity index (χ1v) is 10.3. The highest BCUT2D eigenvalue weighted by atomic mass is 16.5. The molecule has 5 rings (SSSR count). The summed E-state index contributed by atoms with van der Waals surface area (Å²) in [7, 11) is 0. The van der Waals surface area contributed by atoms with E-state index in [-0.39, 0.29) is 12.0 Å². The monoisotopic (exact) mass is 410 g/mol. The number of morpholine rings is 1. The summed E-state index contributed by atoms with van der Waals surface area (Å²) in [5, 5.41) is 4.74. The Morgan fingerprint density at radius 2 is 1.74 bits per heavy atom. The number of hydrogen-bond donors (Lipinski definition) is 0. The van der Waals surface area contributed by atoms with Crippen LogP contribution in [0.1, 0.15) is 22.0 Å². The van der Waals surface area contributed by atoms with Crippen LogP contribution < -0.4 is 0 Å². The van der Waals surface area contributed by atoms with Crippen LogP contribution in [0.3, 0.4) is 0 Å². The second kappa shape index (κ2) is 8.53. The molecular weight excluding hydrogens is 388 g/mol. The Morgan fingerprint density at radius 1 is 0.968 bits per heavy atom. The van der Waals surface area contributed by atoms with Crippen molar-refractivity contribution in [3.63, 3.8) is 0 Å². The largest absolute Gasteiger partial charge is 0.370 e. The third-order valence-electron chi connectivity index (χ3n) is 5.43. The Balaban J connectivity index is 1.49. The summed E-state index contributed by atoms with van der Waals surface area (Å²) in [4.78, 5) is 19.7. The molecule has 4 aromatic rings. The highest BCUT2D eigenvalue weighted by Gasteiger charge is 2.29. The van der Waals surface area contributed by atoms with Gasteiger partial charge in [0.1, 0.15) is 11.8 Å². The summed E-state index contributed by atoms with van der Waals surface area (Å²) >= 11 is 0. The van der Waals surface area contributed by atoms with E-state index in [0.29, 0.717) is 31.0 Å². The molecule has 1 fully saturated rings. The molecule has 0 saturated carbocycles. The van der Waals surface area contributed by atoms with E-state index in [4.69, 9.17) is 9.84 Å². The first-order chi connectivity index (χ1) is 15.3. The molecule has 31 heavy (non-hydrogen) atoms. The third kappa shape index (κ3) is 3.98. The lowest BCUT2D eigenvalue weighted by Gasteiger charge is -2.33. The van der Waals surface area contributed by atoms with E-state index in [1.807, 2.05) is 83.9 Å². The van der Waals surface area contributed by atoms with E-state index in [2.05, 4.69) is 4.98 Å². The highest BCUT2D eigenvalue weighted by Crippen LogP contribution is 2.27. The van der Waals surface area contributed by atoms with Crippen LogP contribution in [0.4, 0.5) is 0 Å². The Kier molecular flexibility index (Phi) is 5.29. The molecule has 1 atom stereocenters. The minimum absolute atomic E-state index is 0.0507. The van der Waals surface area contributed by atoms with E-state index < -0.39 is 0 Å². The average molecular weight is 410 g/mol. The van der Waals surface area contributed by atoms with Crippen molar-refractivity contribution in [3.05, 3.63) is 103 Å². The number of carbonyl (C=O) groups is 1.